The quantitative estimate of drug-likeness (QED) is 0.470. The topological polar surface area (TPSA) is 26.3 Å². The summed E-state index contributed by atoms with van der Waals surface area (Å²) in [6.07, 6.45) is 21.2. The summed E-state index contributed by atoms with van der Waals surface area (Å²) in [7, 11) is 1.59. The van der Waals surface area contributed by atoms with E-state index in [-0.39, 0.29) is 22.9 Å². The fourth-order valence-corrected chi connectivity index (χ4v) is 1.87. The molecular formula is C20H18FeO2. The van der Waals surface area contributed by atoms with Crippen molar-refractivity contribution in [2.24, 2.45) is 0 Å². The predicted molar refractivity (Wildman–Crippen MR) is 88.4 cm³/mol. The average molecular weight is 346 g/mol. The van der Waals surface area contributed by atoms with E-state index in [2.05, 4.69) is 0 Å². The number of hydrogen-bond donors (Lipinski definition) is 0. The molecule has 3 heteroatoms. The number of benzene rings is 1. The van der Waals surface area contributed by atoms with Crippen LogP contribution in [0, 0.1) is 63.7 Å². The fraction of sp³-hybridized carbons (Fsp3) is 0.0500. The molecular weight excluding hydrogens is 328 g/mol. The maximum atomic E-state index is 11.9. The van der Waals surface area contributed by atoms with Gasteiger partial charge in [0.2, 0.25) is 0 Å². The summed E-state index contributed by atoms with van der Waals surface area (Å²) in [5.41, 5.74) is 0.632. The predicted octanol–water partition coefficient (Wildman–Crippen LogP) is 3.86. The molecule has 2 fully saturated rings. The van der Waals surface area contributed by atoms with Gasteiger partial charge in [-0.3, -0.25) is 4.79 Å². The molecule has 0 spiro atoms. The molecule has 0 aromatic heterocycles. The first-order valence-electron chi connectivity index (χ1n) is 7.04. The van der Waals surface area contributed by atoms with E-state index < -0.39 is 0 Å². The van der Waals surface area contributed by atoms with E-state index in [0.29, 0.717) is 11.3 Å². The van der Waals surface area contributed by atoms with Crippen molar-refractivity contribution in [3.05, 3.63) is 106 Å². The van der Waals surface area contributed by atoms with Gasteiger partial charge in [0.25, 0.3) is 0 Å². The van der Waals surface area contributed by atoms with Crippen molar-refractivity contribution >= 4 is 5.78 Å². The molecule has 2 saturated carbocycles. The Morgan fingerprint density at radius 3 is 2.13 bits per heavy atom. The summed E-state index contributed by atoms with van der Waals surface area (Å²) >= 11 is 0. The Balaban J connectivity index is 0.000000377. The fourth-order valence-electron chi connectivity index (χ4n) is 1.87. The van der Waals surface area contributed by atoms with E-state index in [9.17, 15) is 4.79 Å². The van der Waals surface area contributed by atoms with Gasteiger partial charge in [0.15, 0.2) is 5.78 Å². The molecule has 2 aliphatic carbocycles. The maximum Gasteiger partial charge on any atom is 0.185 e. The monoisotopic (exact) mass is 346 g/mol. The molecule has 0 heterocycles. The molecule has 0 saturated heterocycles. The standard InChI is InChI=1S/C15H13O2.C5H5.Fe/c1-17-14-8-4-7-13(11-14)15(16)10-9-12-5-2-3-6-12;1-2-4-5-3-1;/h2-11H,1H3;1-5H;/b10-9+;;. The van der Waals surface area contributed by atoms with E-state index in [1.807, 2.05) is 76.0 Å². The number of methoxy groups -OCH3 is 1. The molecule has 2 aliphatic rings. The minimum absolute atomic E-state index is 0. The molecule has 2 nitrogen and oxygen atoms in total. The molecule has 118 valence electrons. The van der Waals surface area contributed by atoms with Crippen molar-refractivity contribution in [3.63, 3.8) is 0 Å². The van der Waals surface area contributed by atoms with Gasteiger partial charge in [-0.1, -0.05) is 18.2 Å². The second-order valence-electron chi connectivity index (χ2n) is 4.61. The SMILES string of the molecule is COc1cccc(C(=O)/C=C/[C]2[CH][CH][CH][CH]2)c1.[CH]1[CH][CH][CH][CH]1.[Fe]. The summed E-state index contributed by atoms with van der Waals surface area (Å²) in [6.45, 7) is 0. The first-order valence-corrected chi connectivity index (χ1v) is 7.04. The van der Waals surface area contributed by atoms with Gasteiger partial charge < -0.3 is 4.74 Å². The van der Waals surface area contributed by atoms with E-state index in [4.69, 9.17) is 4.74 Å². The number of allylic oxidation sites excluding steroid dienone is 2. The van der Waals surface area contributed by atoms with Gasteiger partial charge in [0, 0.05) is 28.6 Å². The Morgan fingerprint density at radius 2 is 1.57 bits per heavy atom. The molecule has 1 aromatic rings. The van der Waals surface area contributed by atoms with Crippen LogP contribution < -0.4 is 4.74 Å². The molecule has 0 atom stereocenters. The van der Waals surface area contributed by atoms with Crippen LogP contribution >= 0.6 is 0 Å². The third-order valence-electron chi connectivity index (χ3n) is 3.03. The van der Waals surface area contributed by atoms with Crippen molar-refractivity contribution in [2.45, 2.75) is 0 Å². The second kappa shape index (κ2) is 11.5. The molecule has 0 unspecified atom stereocenters. The Kier molecular flexibility index (Phi) is 9.98. The normalized spacial score (nSPS) is 17.4. The molecule has 0 aliphatic heterocycles. The zero-order valence-corrected chi connectivity index (χ0v) is 13.9. The molecule has 0 amide bonds. The second-order valence-corrected chi connectivity index (χ2v) is 4.61. The third-order valence-corrected chi connectivity index (χ3v) is 3.03. The Morgan fingerprint density at radius 1 is 0.957 bits per heavy atom. The summed E-state index contributed by atoms with van der Waals surface area (Å²) in [4.78, 5) is 11.9. The summed E-state index contributed by atoms with van der Waals surface area (Å²) < 4.78 is 5.08. The summed E-state index contributed by atoms with van der Waals surface area (Å²) in [6, 6.07) is 7.14. The largest absolute Gasteiger partial charge is 0.497 e. The first-order chi connectivity index (χ1) is 10.8. The van der Waals surface area contributed by atoms with E-state index in [1.54, 1.807) is 25.3 Å². The van der Waals surface area contributed by atoms with E-state index in [0.717, 1.165) is 5.92 Å². The Hall–Kier alpha value is -1.05. The van der Waals surface area contributed by atoms with Gasteiger partial charge in [0.1, 0.15) is 5.75 Å². The minimum atomic E-state index is -0.0231. The van der Waals surface area contributed by atoms with Crippen molar-refractivity contribution in [2.75, 3.05) is 7.11 Å². The smallest absolute Gasteiger partial charge is 0.185 e. The van der Waals surface area contributed by atoms with Crippen molar-refractivity contribution < 1.29 is 26.6 Å². The van der Waals surface area contributed by atoms with Crippen molar-refractivity contribution in [1.29, 1.82) is 0 Å². The van der Waals surface area contributed by atoms with E-state index >= 15 is 0 Å². The van der Waals surface area contributed by atoms with Crippen LogP contribution in [0.5, 0.6) is 5.75 Å². The maximum absolute atomic E-state index is 11.9. The molecule has 1 aromatic carbocycles. The van der Waals surface area contributed by atoms with Gasteiger partial charge in [-0.25, -0.2) is 0 Å². The van der Waals surface area contributed by atoms with Crippen LogP contribution in [0.25, 0.3) is 0 Å². The average Bonchev–Trinajstić information content (AvgIpc) is 3.28. The number of ketones is 1. The molecule has 23 heavy (non-hydrogen) atoms. The summed E-state index contributed by atoms with van der Waals surface area (Å²) in [5.74, 6) is 1.70. The molecule has 0 N–H and O–H groups in total. The van der Waals surface area contributed by atoms with Gasteiger partial charge >= 0.3 is 0 Å². The Bertz CT molecular complexity index is 479. The Labute approximate surface area is 151 Å². The van der Waals surface area contributed by atoms with Crippen LogP contribution in [0.2, 0.25) is 0 Å². The van der Waals surface area contributed by atoms with E-state index in [1.165, 1.54) is 0 Å². The van der Waals surface area contributed by atoms with Crippen LogP contribution in [0.15, 0.2) is 36.4 Å². The van der Waals surface area contributed by atoms with Crippen LogP contribution in [0.1, 0.15) is 10.4 Å². The van der Waals surface area contributed by atoms with Gasteiger partial charge in [0.05, 0.1) is 7.11 Å². The van der Waals surface area contributed by atoms with Crippen molar-refractivity contribution in [3.8, 4) is 5.75 Å². The first kappa shape index (κ1) is 20.0. The van der Waals surface area contributed by atoms with Crippen LogP contribution in [-0.2, 0) is 17.1 Å². The zero-order chi connectivity index (χ0) is 15.6. The number of ether oxygens (including phenoxy) is 1. The van der Waals surface area contributed by atoms with Crippen LogP contribution in [0.4, 0.5) is 0 Å². The van der Waals surface area contributed by atoms with Gasteiger partial charge in [-0.15, -0.1) is 0 Å². The number of carbonyl (C=O) groups is 1. The van der Waals surface area contributed by atoms with Gasteiger partial charge in [-0.2, -0.15) is 0 Å². The summed E-state index contributed by atoms with van der Waals surface area (Å²) in [5, 5.41) is 0. The minimum Gasteiger partial charge on any atom is -0.497 e. The number of hydrogen-bond acceptors (Lipinski definition) is 2. The molecule has 0 bridgehead atoms. The van der Waals surface area contributed by atoms with Crippen LogP contribution in [-0.4, -0.2) is 12.9 Å². The molecule has 10 radical (unpaired) electrons. The number of carbonyl (C=O) groups excluding carboxylic acids is 1. The zero-order valence-electron chi connectivity index (χ0n) is 12.8. The van der Waals surface area contributed by atoms with Gasteiger partial charge in [-0.05, 0) is 76.0 Å². The molecule has 3 rings (SSSR count). The van der Waals surface area contributed by atoms with Crippen LogP contribution in [0.3, 0.4) is 0 Å². The number of rotatable bonds is 4. The van der Waals surface area contributed by atoms with Crippen molar-refractivity contribution in [1.82, 2.24) is 0 Å². The third kappa shape index (κ3) is 7.37.